The second kappa shape index (κ2) is 12.5. The molecular formula is C31H43N. The van der Waals surface area contributed by atoms with Crippen molar-refractivity contribution in [3.8, 4) is 0 Å². The van der Waals surface area contributed by atoms with E-state index in [1.54, 1.807) is 0 Å². The van der Waals surface area contributed by atoms with Crippen LogP contribution in [0.2, 0.25) is 0 Å². The van der Waals surface area contributed by atoms with Crippen LogP contribution < -0.4 is 5.32 Å². The van der Waals surface area contributed by atoms with Crippen molar-refractivity contribution in [3.05, 3.63) is 101 Å². The minimum Gasteiger partial charge on any atom is -0.355 e. The van der Waals surface area contributed by atoms with E-state index in [1.165, 1.54) is 66.5 Å². The molecule has 1 nitrogen and oxygen atoms in total. The summed E-state index contributed by atoms with van der Waals surface area (Å²) in [6.45, 7) is 23.5. The third kappa shape index (κ3) is 6.48. The number of rotatable bonds is 10. The van der Waals surface area contributed by atoms with Gasteiger partial charge in [0.15, 0.2) is 0 Å². The molecule has 1 saturated carbocycles. The molecule has 1 aliphatic carbocycles. The molecule has 1 heteroatoms. The molecule has 0 radical (unpaired) electrons. The molecule has 2 rings (SSSR count). The summed E-state index contributed by atoms with van der Waals surface area (Å²) in [7, 11) is 0. The highest BCUT2D eigenvalue weighted by Gasteiger charge is 2.28. The van der Waals surface area contributed by atoms with Crippen LogP contribution in [0.25, 0.3) is 5.57 Å². The third-order valence-corrected chi connectivity index (χ3v) is 6.77. The first-order chi connectivity index (χ1) is 15.3. The summed E-state index contributed by atoms with van der Waals surface area (Å²) in [5, 5.41) is 3.75. The van der Waals surface area contributed by atoms with Gasteiger partial charge in [-0.1, -0.05) is 94.3 Å². The zero-order chi connectivity index (χ0) is 23.7. The Morgan fingerprint density at radius 2 is 1.81 bits per heavy atom. The van der Waals surface area contributed by atoms with Gasteiger partial charge in [-0.2, -0.15) is 0 Å². The first-order valence-electron chi connectivity index (χ1n) is 12.2. The molecule has 0 amide bonds. The first-order valence-corrected chi connectivity index (χ1v) is 12.2. The molecule has 1 fully saturated rings. The molecule has 1 N–H and O–H groups in total. The molecule has 0 bridgehead atoms. The van der Waals surface area contributed by atoms with Crippen molar-refractivity contribution >= 4 is 5.57 Å². The predicted molar refractivity (Wildman–Crippen MR) is 143 cm³/mol. The Morgan fingerprint density at radius 1 is 1.12 bits per heavy atom. The quantitative estimate of drug-likeness (QED) is 0.366. The van der Waals surface area contributed by atoms with Gasteiger partial charge < -0.3 is 5.32 Å². The van der Waals surface area contributed by atoms with Crippen LogP contribution in [0, 0.1) is 18.8 Å². The van der Waals surface area contributed by atoms with Gasteiger partial charge in [-0.25, -0.2) is 0 Å². The smallest absolute Gasteiger partial charge is 0.0456 e. The number of nitrogens with one attached hydrogen (secondary N) is 1. The van der Waals surface area contributed by atoms with E-state index in [0.717, 1.165) is 22.8 Å². The van der Waals surface area contributed by atoms with E-state index in [9.17, 15) is 0 Å². The van der Waals surface area contributed by atoms with E-state index in [-0.39, 0.29) is 0 Å². The van der Waals surface area contributed by atoms with Gasteiger partial charge in [0.25, 0.3) is 0 Å². The lowest BCUT2D eigenvalue weighted by Gasteiger charge is -2.34. The van der Waals surface area contributed by atoms with Crippen LogP contribution in [0.15, 0.2) is 90.3 Å². The molecule has 1 aromatic rings. The molecular weight excluding hydrogens is 386 g/mol. The van der Waals surface area contributed by atoms with Crippen molar-refractivity contribution < 1.29 is 0 Å². The number of benzene rings is 1. The summed E-state index contributed by atoms with van der Waals surface area (Å²) < 4.78 is 0. The highest BCUT2D eigenvalue weighted by atomic mass is 14.9. The zero-order valence-electron chi connectivity index (χ0n) is 21.1. The van der Waals surface area contributed by atoms with Crippen molar-refractivity contribution in [1.82, 2.24) is 5.32 Å². The van der Waals surface area contributed by atoms with Crippen molar-refractivity contribution in [3.63, 3.8) is 0 Å². The Kier molecular flexibility index (Phi) is 10.0. The van der Waals surface area contributed by atoms with E-state index in [4.69, 9.17) is 0 Å². The van der Waals surface area contributed by atoms with E-state index in [0.29, 0.717) is 5.92 Å². The highest BCUT2D eigenvalue weighted by molar-refractivity contribution is 5.83. The maximum absolute atomic E-state index is 4.36. The molecule has 32 heavy (non-hydrogen) atoms. The van der Waals surface area contributed by atoms with Gasteiger partial charge in [-0.3, -0.25) is 0 Å². The summed E-state index contributed by atoms with van der Waals surface area (Å²) in [5.41, 5.74) is 9.31. The van der Waals surface area contributed by atoms with Gasteiger partial charge in [0.1, 0.15) is 0 Å². The Bertz CT molecular complexity index is 920. The van der Waals surface area contributed by atoms with Gasteiger partial charge in [-0.05, 0) is 80.7 Å². The van der Waals surface area contributed by atoms with Crippen molar-refractivity contribution in [2.24, 2.45) is 11.8 Å². The molecule has 1 aromatic carbocycles. The fourth-order valence-electron chi connectivity index (χ4n) is 5.10. The fourth-order valence-corrected chi connectivity index (χ4v) is 5.10. The van der Waals surface area contributed by atoms with Gasteiger partial charge in [-0.15, -0.1) is 0 Å². The first kappa shape index (κ1) is 25.7. The second-order valence-corrected chi connectivity index (χ2v) is 9.27. The van der Waals surface area contributed by atoms with E-state index >= 15 is 0 Å². The lowest BCUT2D eigenvalue weighted by molar-refractivity contribution is 0.254. The number of allylic oxidation sites excluding steroid dienone is 6. The third-order valence-electron chi connectivity index (χ3n) is 6.77. The van der Waals surface area contributed by atoms with Gasteiger partial charge in [0.05, 0.1) is 0 Å². The molecule has 1 aliphatic rings. The Hall–Kier alpha value is -2.54. The average molecular weight is 430 g/mol. The van der Waals surface area contributed by atoms with Crippen LogP contribution >= 0.6 is 0 Å². The summed E-state index contributed by atoms with van der Waals surface area (Å²) in [5.74, 6) is 1.34. The van der Waals surface area contributed by atoms with Crippen molar-refractivity contribution in [2.75, 3.05) is 0 Å². The molecule has 0 saturated heterocycles. The summed E-state index contributed by atoms with van der Waals surface area (Å²) in [4.78, 5) is 0. The van der Waals surface area contributed by atoms with Crippen LogP contribution in [0.4, 0.5) is 0 Å². The molecule has 0 spiro atoms. The predicted octanol–water partition coefficient (Wildman–Crippen LogP) is 9.07. The maximum Gasteiger partial charge on any atom is 0.0456 e. The van der Waals surface area contributed by atoms with Gasteiger partial charge in [0, 0.05) is 17.0 Å². The van der Waals surface area contributed by atoms with Crippen LogP contribution in [-0.2, 0) is 0 Å². The summed E-state index contributed by atoms with van der Waals surface area (Å²) >= 11 is 0. The minimum atomic E-state index is 0.592. The van der Waals surface area contributed by atoms with Crippen LogP contribution in [-0.4, -0.2) is 0 Å². The van der Waals surface area contributed by atoms with Crippen LogP contribution in [0.5, 0.6) is 0 Å². The number of hydrogen-bond acceptors (Lipinski definition) is 1. The lowest BCUT2D eigenvalue weighted by atomic mass is 9.72. The summed E-state index contributed by atoms with van der Waals surface area (Å²) in [6.07, 6.45) is 14.0. The fraction of sp³-hybridized carbons (Fsp3) is 0.419. The largest absolute Gasteiger partial charge is 0.355 e. The summed E-state index contributed by atoms with van der Waals surface area (Å²) in [6, 6.07) is 8.63. The topological polar surface area (TPSA) is 12.0 Å². The SMILES string of the molecule is C=C/C(=C\C)C(=C)NC(/C(=C\C(=C)C)c1ccccc1C)=C(/C)C1CCCCC1CCC. The van der Waals surface area contributed by atoms with E-state index < -0.39 is 0 Å². The maximum atomic E-state index is 4.36. The average Bonchev–Trinajstić information content (AvgIpc) is 2.77. The standard InChI is InChI=1S/C31H43N/c1-9-16-27-18-13-15-20-29(27)24(7)31(32-25(8)26(10-2)11-3)30(21-22(4)5)28-19-14-12-17-23(28)6/h10-12,14,17,19,21,27,29,32H,2,4,8-9,13,15-16,18,20H2,1,3,5-7H3/b26-11+,30-21-,31-24-. The van der Waals surface area contributed by atoms with Crippen LogP contribution in [0.1, 0.15) is 77.3 Å². The molecule has 2 unspecified atom stereocenters. The zero-order valence-corrected chi connectivity index (χ0v) is 21.1. The van der Waals surface area contributed by atoms with Crippen LogP contribution in [0.3, 0.4) is 0 Å². The number of hydrogen-bond donors (Lipinski definition) is 1. The normalized spacial score (nSPS) is 20.4. The second-order valence-electron chi connectivity index (χ2n) is 9.27. The van der Waals surface area contributed by atoms with Crippen molar-refractivity contribution in [2.45, 2.75) is 73.1 Å². The molecule has 2 atom stereocenters. The van der Waals surface area contributed by atoms with E-state index in [1.807, 2.05) is 13.0 Å². The van der Waals surface area contributed by atoms with Crippen molar-refractivity contribution in [1.29, 1.82) is 0 Å². The molecule has 172 valence electrons. The van der Waals surface area contributed by atoms with E-state index in [2.05, 4.69) is 89.2 Å². The minimum absolute atomic E-state index is 0.592. The number of aryl methyl sites for hydroxylation is 1. The Morgan fingerprint density at radius 3 is 2.41 bits per heavy atom. The molecule has 0 heterocycles. The monoisotopic (exact) mass is 429 g/mol. The lowest BCUT2D eigenvalue weighted by Crippen LogP contribution is -2.25. The highest BCUT2D eigenvalue weighted by Crippen LogP contribution is 2.41. The molecule has 0 aliphatic heterocycles. The molecule has 0 aromatic heterocycles. The Labute approximate surface area is 197 Å². The Balaban J connectivity index is 2.71. The van der Waals surface area contributed by atoms with Gasteiger partial charge in [0.2, 0.25) is 0 Å². The van der Waals surface area contributed by atoms with Gasteiger partial charge >= 0.3 is 0 Å².